The summed E-state index contributed by atoms with van der Waals surface area (Å²) in [6, 6.07) is 16.2. The van der Waals surface area contributed by atoms with E-state index in [1.54, 1.807) is 47.9 Å². The number of nitrogens with one attached hydrogen (secondary N) is 1. The van der Waals surface area contributed by atoms with Crippen LogP contribution in [0.25, 0.3) is 10.1 Å². The molecule has 2 aromatic heterocycles. The molecular weight excluding hydrogens is 453 g/mol. The summed E-state index contributed by atoms with van der Waals surface area (Å²) in [5.74, 6) is -0.0507. The van der Waals surface area contributed by atoms with Crippen LogP contribution in [0.1, 0.15) is 12.5 Å². The molecule has 5 nitrogen and oxygen atoms in total. The van der Waals surface area contributed by atoms with Crippen molar-refractivity contribution in [3.63, 3.8) is 0 Å². The highest BCUT2D eigenvalue weighted by atomic mass is 35.5. The van der Waals surface area contributed by atoms with Gasteiger partial charge in [0.1, 0.15) is 5.82 Å². The lowest BCUT2D eigenvalue weighted by Crippen LogP contribution is -2.24. The van der Waals surface area contributed by atoms with E-state index in [4.69, 9.17) is 23.2 Å². The quantitative estimate of drug-likeness (QED) is 0.364. The number of carbonyl (C=O) groups excluding carboxylic acids is 2. The first-order valence-electron chi connectivity index (χ1n) is 9.39. The molecule has 0 spiro atoms. The molecule has 0 bridgehead atoms. The summed E-state index contributed by atoms with van der Waals surface area (Å²) in [6.45, 7) is 1.48. The number of pyridine rings is 1. The van der Waals surface area contributed by atoms with E-state index in [2.05, 4.69) is 10.3 Å². The van der Waals surface area contributed by atoms with Crippen molar-refractivity contribution in [1.29, 1.82) is 0 Å². The molecule has 2 amide bonds. The lowest BCUT2D eigenvalue weighted by Gasteiger charge is -2.21. The van der Waals surface area contributed by atoms with Gasteiger partial charge in [-0.05, 0) is 58.8 Å². The maximum absolute atomic E-state index is 12.6. The summed E-state index contributed by atoms with van der Waals surface area (Å²) in [5.41, 5.74) is 1.78. The lowest BCUT2D eigenvalue weighted by atomic mass is 10.1. The van der Waals surface area contributed by atoms with Gasteiger partial charge in [-0.3, -0.25) is 14.5 Å². The fourth-order valence-electron chi connectivity index (χ4n) is 3.25. The average molecular weight is 470 g/mol. The molecule has 0 aliphatic rings. The van der Waals surface area contributed by atoms with E-state index >= 15 is 0 Å². The standard InChI is InChI=1S/C23H17Cl2N3O2S/c1-14(29)28(17-5-6-21-15(11-17)8-10-31-21)22-12-16(7-9-26-22)27-23(30)13-18-19(24)3-2-4-20(18)25/h2-12H,13H2,1H3,(H,26,27,30). The van der Waals surface area contributed by atoms with E-state index in [1.807, 2.05) is 29.6 Å². The Labute approximate surface area is 193 Å². The van der Waals surface area contributed by atoms with Gasteiger partial charge >= 0.3 is 0 Å². The van der Waals surface area contributed by atoms with Gasteiger partial charge in [0, 0.05) is 39.6 Å². The zero-order valence-electron chi connectivity index (χ0n) is 16.4. The first-order chi connectivity index (χ1) is 14.9. The predicted octanol–water partition coefficient (Wildman–Crippen LogP) is 6.47. The van der Waals surface area contributed by atoms with E-state index < -0.39 is 0 Å². The van der Waals surface area contributed by atoms with Crippen LogP contribution >= 0.6 is 34.5 Å². The molecule has 31 heavy (non-hydrogen) atoms. The minimum atomic E-state index is -0.277. The Morgan fingerprint density at radius 2 is 1.84 bits per heavy atom. The van der Waals surface area contributed by atoms with Gasteiger partial charge in [0.2, 0.25) is 11.8 Å². The Morgan fingerprint density at radius 1 is 1.06 bits per heavy atom. The van der Waals surface area contributed by atoms with Crippen LogP contribution in [0.5, 0.6) is 0 Å². The number of fused-ring (bicyclic) bond motifs is 1. The number of hydrogen-bond acceptors (Lipinski definition) is 4. The largest absolute Gasteiger partial charge is 0.326 e. The molecule has 2 aromatic carbocycles. The highest BCUT2D eigenvalue weighted by molar-refractivity contribution is 7.17. The minimum Gasteiger partial charge on any atom is -0.326 e. The molecule has 0 aliphatic carbocycles. The van der Waals surface area contributed by atoms with Crippen molar-refractivity contribution in [3.05, 3.63) is 81.8 Å². The summed E-state index contributed by atoms with van der Waals surface area (Å²) in [6.07, 6.45) is 1.58. The number of amides is 2. The lowest BCUT2D eigenvalue weighted by molar-refractivity contribution is -0.116. The first kappa shape index (κ1) is 21.3. The van der Waals surface area contributed by atoms with Crippen LogP contribution in [-0.2, 0) is 16.0 Å². The molecule has 0 saturated heterocycles. The normalized spacial score (nSPS) is 10.8. The van der Waals surface area contributed by atoms with Crippen LogP contribution in [-0.4, -0.2) is 16.8 Å². The smallest absolute Gasteiger partial charge is 0.229 e. The number of halogens is 2. The van der Waals surface area contributed by atoms with E-state index in [1.165, 1.54) is 11.8 Å². The third-order valence-electron chi connectivity index (χ3n) is 4.67. The highest BCUT2D eigenvalue weighted by Gasteiger charge is 2.17. The van der Waals surface area contributed by atoms with Crippen molar-refractivity contribution in [1.82, 2.24) is 4.98 Å². The molecule has 4 rings (SSSR count). The number of thiophene rings is 1. The molecular formula is C23H17Cl2N3O2S. The number of benzene rings is 2. The van der Waals surface area contributed by atoms with Gasteiger partial charge < -0.3 is 5.32 Å². The van der Waals surface area contributed by atoms with E-state index in [9.17, 15) is 9.59 Å². The molecule has 0 radical (unpaired) electrons. The van der Waals surface area contributed by atoms with Crippen LogP contribution in [0.15, 0.2) is 66.2 Å². The zero-order valence-corrected chi connectivity index (χ0v) is 18.8. The van der Waals surface area contributed by atoms with Crippen LogP contribution < -0.4 is 10.2 Å². The third kappa shape index (κ3) is 4.71. The van der Waals surface area contributed by atoms with E-state index in [0.717, 1.165) is 10.1 Å². The van der Waals surface area contributed by atoms with Gasteiger partial charge in [0.25, 0.3) is 0 Å². The molecule has 4 aromatic rings. The number of anilines is 3. The SMILES string of the molecule is CC(=O)N(c1ccc2sccc2c1)c1cc(NC(=O)Cc2c(Cl)cccc2Cl)ccn1. The molecule has 8 heteroatoms. The van der Waals surface area contributed by atoms with Gasteiger partial charge in [0.15, 0.2) is 0 Å². The van der Waals surface area contributed by atoms with Crippen LogP contribution in [0.2, 0.25) is 10.0 Å². The summed E-state index contributed by atoms with van der Waals surface area (Å²) < 4.78 is 1.14. The number of nitrogens with zero attached hydrogens (tertiary/aromatic N) is 2. The zero-order chi connectivity index (χ0) is 22.0. The summed E-state index contributed by atoms with van der Waals surface area (Å²) in [7, 11) is 0. The van der Waals surface area contributed by atoms with Gasteiger partial charge in [-0.2, -0.15) is 0 Å². The van der Waals surface area contributed by atoms with Crippen molar-refractivity contribution in [3.8, 4) is 0 Å². The molecule has 2 heterocycles. The minimum absolute atomic E-state index is 0.0292. The van der Waals surface area contributed by atoms with Gasteiger partial charge in [0.05, 0.1) is 12.1 Å². The van der Waals surface area contributed by atoms with Crippen molar-refractivity contribution >= 4 is 73.6 Å². The van der Waals surface area contributed by atoms with Crippen molar-refractivity contribution in [2.75, 3.05) is 10.2 Å². The molecule has 0 aliphatic heterocycles. The van der Waals surface area contributed by atoms with E-state index in [-0.39, 0.29) is 18.2 Å². The Bertz CT molecular complexity index is 1270. The number of rotatable bonds is 5. The second-order valence-electron chi connectivity index (χ2n) is 6.83. The van der Waals surface area contributed by atoms with Crippen molar-refractivity contribution < 1.29 is 9.59 Å². The fraction of sp³-hybridized carbons (Fsp3) is 0.0870. The number of aromatic nitrogens is 1. The molecule has 0 unspecified atom stereocenters. The molecule has 0 saturated carbocycles. The summed E-state index contributed by atoms with van der Waals surface area (Å²) in [5, 5.41) is 6.75. The molecule has 0 atom stereocenters. The van der Waals surface area contributed by atoms with Crippen molar-refractivity contribution in [2.24, 2.45) is 0 Å². The summed E-state index contributed by atoms with van der Waals surface area (Å²) >= 11 is 14.0. The molecule has 156 valence electrons. The van der Waals surface area contributed by atoms with E-state index in [0.29, 0.717) is 32.8 Å². The monoisotopic (exact) mass is 469 g/mol. The predicted molar refractivity (Wildman–Crippen MR) is 128 cm³/mol. The van der Waals surface area contributed by atoms with Crippen LogP contribution in [0.3, 0.4) is 0 Å². The van der Waals surface area contributed by atoms with Crippen LogP contribution in [0.4, 0.5) is 17.2 Å². The maximum atomic E-state index is 12.6. The highest BCUT2D eigenvalue weighted by Crippen LogP contribution is 2.31. The second-order valence-corrected chi connectivity index (χ2v) is 8.59. The third-order valence-corrected chi connectivity index (χ3v) is 6.27. The second kappa shape index (κ2) is 9.06. The number of carbonyl (C=O) groups is 2. The average Bonchev–Trinajstić information content (AvgIpc) is 3.19. The Hall–Kier alpha value is -2.93. The molecule has 1 N–H and O–H groups in total. The van der Waals surface area contributed by atoms with Crippen LogP contribution in [0, 0.1) is 0 Å². The Balaban J connectivity index is 1.58. The fourth-order valence-corrected chi connectivity index (χ4v) is 4.56. The van der Waals surface area contributed by atoms with Gasteiger partial charge in [-0.25, -0.2) is 4.98 Å². The first-order valence-corrected chi connectivity index (χ1v) is 11.0. The Kier molecular flexibility index (Phi) is 6.23. The molecule has 0 fully saturated rings. The Morgan fingerprint density at radius 3 is 2.58 bits per heavy atom. The number of hydrogen-bond donors (Lipinski definition) is 1. The van der Waals surface area contributed by atoms with Crippen molar-refractivity contribution in [2.45, 2.75) is 13.3 Å². The summed E-state index contributed by atoms with van der Waals surface area (Å²) in [4.78, 5) is 30.9. The maximum Gasteiger partial charge on any atom is 0.229 e. The topological polar surface area (TPSA) is 62.3 Å². The van der Waals surface area contributed by atoms with Gasteiger partial charge in [-0.15, -0.1) is 11.3 Å². The van der Waals surface area contributed by atoms with Gasteiger partial charge in [-0.1, -0.05) is 29.3 Å².